The Kier molecular flexibility index (Phi) is 4.22. The molecule has 2 fully saturated rings. The van der Waals surface area contributed by atoms with Gasteiger partial charge in [0.1, 0.15) is 0 Å². The van der Waals surface area contributed by atoms with Crippen LogP contribution in [0.4, 0.5) is 0 Å². The Labute approximate surface area is 98.6 Å². The lowest BCUT2D eigenvalue weighted by molar-refractivity contribution is -0.0160. The second-order valence-corrected chi connectivity index (χ2v) is 5.45. The average molecular weight is 227 g/mol. The maximum absolute atomic E-state index is 9.64. The molecule has 0 saturated heterocycles. The molecule has 2 aliphatic rings. The first kappa shape index (κ1) is 12.3. The Bertz CT molecular complexity index is 218. The highest BCUT2D eigenvalue weighted by Crippen LogP contribution is 2.33. The van der Waals surface area contributed by atoms with Crippen molar-refractivity contribution in [1.82, 2.24) is 5.32 Å². The third-order valence-electron chi connectivity index (χ3n) is 3.75. The van der Waals surface area contributed by atoms with Crippen LogP contribution in [0.25, 0.3) is 0 Å². The largest absolute Gasteiger partial charge is 0.394 e. The second-order valence-electron chi connectivity index (χ2n) is 5.45. The molecule has 2 saturated carbocycles. The molecule has 2 unspecified atom stereocenters. The number of hydrogen-bond donors (Lipinski definition) is 2. The van der Waals surface area contributed by atoms with E-state index in [1.807, 2.05) is 0 Å². The van der Waals surface area contributed by atoms with E-state index in [-0.39, 0.29) is 12.1 Å². The molecule has 0 aromatic heterocycles. The van der Waals surface area contributed by atoms with Crippen LogP contribution in [0.3, 0.4) is 0 Å². The zero-order valence-corrected chi connectivity index (χ0v) is 10.4. The average Bonchev–Trinajstić information content (AvgIpc) is 3.10. The van der Waals surface area contributed by atoms with E-state index in [0.717, 1.165) is 32.3 Å². The molecule has 0 spiro atoms. The predicted octanol–water partition coefficient (Wildman–Crippen LogP) is 1.84. The van der Waals surface area contributed by atoms with E-state index in [1.54, 1.807) is 0 Å². The zero-order valence-electron chi connectivity index (χ0n) is 10.4. The van der Waals surface area contributed by atoms with Gasteiger partial charge in [-0.3, -0.25) is 0 Å². The highest BCUT2D eigenvalue weighted by atomic mass is 16.5. The summed E-state index contributed by atoms with van der Waals surface area (Å²) < 4.78 is 5.84. The van der Waals surface area contributed by atoms with E-state index < -0.39 is 0 Å². The van der Waals surface area contributed by atoms with Crippen LogP contribution < -0.4 is 5.32 Å². The van der Waals surface area contributed by atoms with Crippen molar-refractivity contribution in [2.24, 2.45) is 0 Å². The maximum Gasteiger partial charge on any atom is 0.0614 e. The number of ether oxygens (including phenoxy) is 1. The fraction of sp³-hybridized carbons (Fsp3) is 1.00. The first-order valence-corrected chi connectivity index (χ1v) is 6.78. The summed E-state index contributed by atoms with van der Waals surface area (Å²) in [5.41, 5.74) is -0.0438. The van der Waals surface area contributed by atoms with Gasteiger partial charge in [-0.25, -0.2) is 0 Å². The van der Waals surface area contributed by atoms with Gasteiger partial charge in [0.15, 0.2) is 0 Å². The Balaban J connectivity index is 1.85. The van der Waals surface area contributed by atoms with Gasteiger partial charge in [-0.05, 0) is 44.9 Å². The van der Waals surface area contributed by atoms with Crippen LogP contribution >= 0.6 is 0 Å². The van der Waals surface area contributed by atoms with E-state index in [9.17, 15) is 5.11 Å². The lowest BCUT2D eigenvalue weighted by Gasteiger charge is -2.40. The number of rotatable bonds is 6. The van der Waals surface area contributed by atoms with E-state index in [4.69, 9.17) is 4.74 Å². The molecule has 3 nitrogen and oxygen atoms in total. The third-order valence-corrected chi connectivity index (χ3v) is 3.75. The minimum absolute atomic E-state index is 0.0438. The molecule has 2 aliphatic carbocycles. The molecule has 0 heterocycles. The molecular formula is C13H25NO2. The summed E-state index contributed by atoms with van der Waals surface area (Å²) in [4.78, 5) is 0. The summed E-state index contributed by atoms with van der Waals surface area (Å²) >= 11 is 0. The number of nitrogens with one attached hydrogen (secondary N) is 1. The van der Waals surface area contributed by atoms with Crippen molar-refractivity contribution >= 4 is 0 Å². The van der Waals surface area contributed by atoms with Crippen molar-refractivity contribution in [3.8, 4) is 0 Å². The third kappa shape index (κ3) is 3.19. The molecule has 2 N–H and O–H groups in total. The van der Waals surface area contributed by atoms with Crippen molar-refractivity contribution in [2.45, 2.75) is 69.6 Å². The van der Waals surface area contributed by atoms with E-state index in [2.05, 4.69) is 12.2 Å². The fourth-order valence-electron chi connectivity index (χ4n) is 2.72. The van der Waals surface area contributed by atoms with Gasteiger partial charge in [-0.1, -0.05) is 6.92 Å². The van der Waals surface area contributed by atoms with Crippen molar-refractivity contribution < 1.29 is 9.84 Å². The molecule has 2 rings (SSSR count). The molecule has 3 heteroatoms. The van der Waals surface area contributed by atoms with Gasteiger partial charge in [0, 0.05) is 18.2 Å². The van der Waals surface area contributed by atoms with E-state index >= 15 is 0 Å². The summed E-state index contributed by atoms with van der Waals surface area (Å²) in [5, 5.41) is 13.3. The molecule has 0 radical (unpaired) electrons. The smallest absolute Gasteiger partial charge is 0.0614 e. The summed E-state index contributed by atoms with van der Waals surface area (Å²) in [5.74, 6) is 0. The second kappa shape index (κ2) is 5.48. The van der Waals surface area contributed by atoms with Gasteiger partial charge in [0.25, 0.3) is 0 Å². The lowest BCUT2D eigenvalue weighted by atomic mass is 9.80. The Morgan fingerprint density at radius 2 is 2.19 bits per heavy atom. The van der Waals surface area contributed by atoms with Crippen LogP contribution in [0.1, 0.15) is 51.9 Å². The molecule has 0 bridgehead atoms. The highest BCUT2D eigenvalue weighted by Gasteiger charge is 2.39. The summed E-state index contributed by atoms with van der Waals surface area (Å²) in [7, 11) is 0. The lowest BCUT2D eigenvalue weighted by Crippen LogP contribution is -2.54. The highest BCUT2D eigenvalue weighted by molar-refractivity contribution is 4.99. The SMILES string of the molecule is CCCOC1CCCC(CO)(NC2CC2)C1. The van der Waals surface area contributed by atoms with Crippen molar-refractivity contribution in [2.75, 3.05) is 13.2 Å². The van der Waals surface area contributed by atoms with Gasteiger partial charge >= 0.3 is 0 Å². The minimum atomic E-state index is -0.0438. The molecule has 94 valence electrons. The Hall–Kier alpha value is -0.120. The first-order valence-electron chi connectivity index (χ1n) is 6.78. The Morgan fingerprint density at radius 3 is 2.81 bits per heavy atom. The standard InChI is InChI=1S/C13H25NO2/c1-2-8-16-12-4-3-7-13(9-12,10-15)14-11-5-6-11/h11-12,14-15H,2-10H2,1H3. The summed E-state index contributed by atoms with van der Waals surface area (Å²) in [6.45, 7) is 3.26. The molecule has 0 aromatic carbocycles. The first-order chi connectivity index (χ1) is 7.78. The summed E-state index contributed by atoms with van der Waals surface area (Å²) in [6.07, 6.45) is 8.42. The van der Waals surface area contributed by atoms with Gasteiger partial charge in [-0.15, -0.1) is 0 Å². The van der Waals surface area contributed by atoms with Gasteiger partial charge < -0.3 is 15.2 Å². The van der Waals surface area contributed by atoms with Gasteiger partial charge in [0.2, 0.25) is 0 Å². The molecule has 2 atom stereocenters. The molecule has 0 aromatic rings. The van der Waals surface area contributed by atoms with Crippen molar-refractivity contribution in [3.05, 3.63) is 0 Å². The van der Waals surface area contributed by atoms with Crippen LogP contribution in [0.5, 0.6) is 0 Å². The zero-order chi connectivity index (χ0) is 11.4. The van der Waals surface area contributed by atoms with Crippen molar-refractivity contribution in [1.29, 1.82) is 0 Å². The monoisotopic (exact) mass is 227 g/mol. The van der Waals surface area contributed by atoms with Crippen LogP contribution in [0.2, 0.25) is 0 Å². The van der Waals surface area contributed by atoms with Gasteiger partial charge in [-0.2, -0.15) is 0 Å². The number of hydrogen-bond acceptors (Lipinski definition) is 3. The summed E-state index contributed by atoms with van der Waals surface area (Å²) in [6, 6.07) is 0.664. The van der Waals surface area contributed by atoms with Crippen LogP contribution in [0, 0.1) is 0 Å². The minimum Gasteiger partial charge on any atom is -0.394 e. The van der Waals surface area contributed by atoms with Gasteiger partial charge in [0.05, 0.1) is 12.7 Å². The van der Waals surface area contributed by atoms with E-state index in [1.165, 1.54) is 19.3 Å². The fourth-order valence-corrected chi connectivity index (χ4v) is 2.72. The maximum atomic E-state index is 9.64. The normalized spacial score (nSPS) is 35.2. The predicted molar refractivity (Wildman–Crippen MR) is 64.5 cm³/mol. The molecule has 0 amide bonds. The molecular weight excluding hydrogens is 202 g/mol. The topological polar surface area (TPSA) is 41.5 Å². The Morgan fingerprint density at radius 1 is 1.38 bits per heavy atom. The quantitative estimate of drug-likeness (QED) is 0.727. The molecule has 0 aliphatic heterocycles. The molecule has 16 heavy (non-hydrogen) atoms. The number of aliphatic hydroxyl groups excluding tert-OH is 1. The van der Waals surface area contributed by atoms with Crippen LogP contribution in [-0.2, 0) is 4.74 Å². The van der Waals surface area contributed by atoms with Crippen LogP contribution in [0.15, 0.2) is 0 Å². The van der Waals surface area contributed by atoms with E-state index in [0.29, 0.717) is 12.1 Å². The van der Waals surface area contributed by atoms with Crippen LogP contribution in [-0.4, -0.2) is 36.0 Å². The van der Waals surface area contributed by atoms with Crippen molar-refractivity contribution in [3.63, 3.8) is 0 Å². The number of aliphatic hydroxyl groups is 1.